The van der Waals surface area contributed by atoms with Crippen LogP contribution in [0.4, 0.5) is 5.82 Å². The highest BCUT2D eigenvalue weighted by atomic mass is 32.2. The van der Waals surface area contributed by atoms with Gasteiger partial charge in [0, 0.05) is 6.04 Å². The first kappa shape index (κ1) is 10.5. The Labute approximate surface area is 92.0 Å². The molecule has 1 aliphatic carbocycles. The number of hydrogen-bond donors (Lipinski definition) is 0. The van der Waals surface area contributed by atoms with Crippen molar-refractivity contribution in [2.24, 2.45) is 0 Å². The number of thioether (sulfide) groups is 1. The Morgan fingerprint density at radius 2 is 2.27 bits per heavy atom. The van der Waals surface area contributed by atoms with Gasteiger partial charge in [-0.1, -0.05) is 24.6 Å². The van der Waals surface area contributed by atoms with Gasteiger partial charge in [0.2, 0.25) is 0 Å². The van der Waals surface area contributed by atoms with Crippen LogP contribution in [0, 0.1) is 10.1 Å². The van der Waals surface area contributed by atoms with Crippen LogP contribution in [0.3, 0.4) is 0 Å². The summed E-state index contributed by atoms with van der Waals surface area (Å²) in [6.07, 6.45) is 8.12. The number of nitrogens with zero attached hydrogens (tertiary/aromatic N) is 3. The third-order valence-corrected chi connectivity index (χ3v) is 3.44. The topological polar surface area (TPSA) is 61.0 Å². The molecule has 0 aromatic carbocycles. The smallest absolute Gasteiger partial charge is 0.358 e. The molecule has 1 aromatic rings. The van der Waals surface area contributed by atoms with Gasteiger partial charge in [0.25, 0.3) is 5.16 Å². The van der Waals surface area contributed by atoms with Crippen LogP contribution in [-0.2, 0) is 0 Å². The Morgan fingerprint density at radius 3 is 2.80 bits per heavy atom. The molecule has 2 rings (SSSR count). The van der Waals surface area contributed by atoms with E-state index < -0.39 is 4.92 Å². The van der Waals surface area contributed by atoms with Crippen LogP contribution in [0.15, 0.2) is 11.4 Å². The fourth-order valence-electron chi connectivity index (χ4n) is 2.05. The van der Waals surface area contributed by atoms with Gasteiger partial charge in [0.1, 0.15) is 6.20 Å². The summed E-state index contributed by atoms with van der Waals surface area (Å²) in [4.78, 5) is 14.2. The average molecular weight is 227 g/mol. The minimum absolute atomic E-state index is 0.0359. The largest absolute Gasteiger partial charge is 0.382 e. The SMILES string of the molecule is CSc1nc([N+](=O)[O-])cn1C1CCCC1. The van der Waals surface area contributed by atoms with Gasteiger partial charge in [-0.05, 0) is 29.0 Å². The first-order chi connectivity index (χ1) is 7.22. The predicted molar refractivity (Wildman–Crippen MR) is 58.2 cm³/mol. The second-order valence-corrected chi connectivity index (χ2v) is 4.46. The van der Waals surface area contributed by atoms with Gasteiger partial charge in [-0.25, -0.2) is 0 Å². The van der Waals surface area contributed by atoms with Crippen LogP contribution in [0.2, 0.25) is 0 Å². The fourth-order valence-corrected chi connectivity index (χ4v) is 2.64. The van der Waals surface area contributed by atoms with Crippen LogP contribution >= 0.6 is 11.8 Å². The molecule has 0 amide bonds. The second-order valence-electron chi connectivity index (χ2n) is 3.69. The van der Waals surface area contributed by atoms with Crippen molar-refractivity contribution in [2.75, 3.05) is 6.26 Å². The van der Waals surface area contributed by atoms with E-state index in [0.717, 1.165) is 18.0 Å². The Kier molecular flexibility index (Phi) is 2.95. The average Bonchev–Trinajstić information content (AvgIpc) is 2.86. The Morgan fingerprint density at radius 1 is 1.60 bits per heavy atom. The standard InChI is InChI=1S/C9H13N3O2S/c1-15-9-10-8(12(13)14)6-11(9)7-4-2-3-5-7/h6-7H,2-5H2,1H3. The zero-order valence-electron chi connectivity index (χ0n) is 8.55. The molecule has 0 unspecified atom stereocenters. The van der Waals surface area contributed by atoms with Crippen molar-refractivity contribution >= 4 is 17.6 Å². The Bertz CT molecular complexity index is 371. The quantitative estimate of drug-likeness (QED) is 0.452. The molecule has 1 heterocycles. The lowest BCUT2D eigenvalue weighted by molar-refractivity contribution is -0.389. The van der Waals surface area contributed by atoms with Crippen LogP contribution in [0.1, 0.15) is 31.7 Å². The summed E-state index contributed by atoms with van der Waals surface area (Å²) in [5.74, 6) is -0.0359. The van der Waals surface area contributed by atoms with Gasteiger partial charge < -0.3 is 10.1 Å². The molecule has 0 saturated heterocycles. The molecule has 0 bridgehead atoms. The predicted octanol–water partition coefficient (Wildman–Crippen LogP) is 2.63. The lowest BCUT2D eigenvalue weighted by Crippen LogP contribution is -2.04. The van der Waals surface area contributed by atoms with Gasteiger partial charge in [-0.15, -0.1) is 0 Å². The van der Waals surface area contributed by atoms with Crippen molar-refractivity contribution < 1.29 is 4.92 Å². The molecular formula is C9H13N3O2S. The molecule has 15 heavy (non-hydrogen) atoms. The molecule has 1 aliphatic rings. The Hall–Kier alpha value is -1.04. The van der Waals surface area contributed by atoms with Crippen molar-refractivity contribution in [3.05, 3.63) is 16.3 Å². The van der Waals surface area contributed by atoms with Gasteiger partial charge >= 0.3 is 5.82 Å². The van der Waals surface area contributed by atoms with Gasteiger partial charge in [-0.2, -0.15) is 0 Å². The summed E-state index contributed by atoms with van der Waals surface area (Å²) in [5, 5.41) is 11.4. The summed E-state index contributed by atoms with van der Waals surface area (Å²) < 4.78 is 1.97. The zero-order chi connectivity index (χ0) is 10.8. The molecule has 6 heteroatoms. The third kappa shape index (κ3) is 1.99. The van der Waals surface area contributed by atoms with Crippen LogP contribution in [-0.4, -0.2) is 20.7 Å². The molecule has 0 aliphatic heterocycles. The summed E-state index contributed by atoms with van der Waals surface area (Å²) >= 11 is 1.47. The van der Waals surface area contributed by atoms with E-state index in [0.29, 0.717) is 6.04 Å². The molecule has 1 aromatic heterocycles. The first-order valence-electron chi connectivity index (χ1n) is 4.99. The van der Waals surface area contributed by atoms with Crippen molar-refractivity contribution in [1.29, 1.82) is 0 Å². The monoisotopic (exact) mass is 227 g/mol. The first-order valence-corrected chi connectivity index (χ1v) is 6.22. The van der Waals surface area contributed by atoms with E-state index in [1.54, 1.807) is 6.20 Å². The lowest BCUT2D eigenvalue weighted by atomic mass is 10.2. The normalized spacial score (nSPS) is 17.1. The van der Waals surface area contributed by atoms with Crippen molar-refractivity contribution in [2.45, 2.75) is 36.9 Å². The van der Waals surface area contributed by atoms with E-state index in [1.807, 2.05) is 10.8 Å². The highest BCUT2D eigenvalue weighted by Gasteiger charge is 2.25. The van der Waals surface area contributed by atoms with Crippen molar-refractivity contribution in [3.63, 3.8) is 0 Å². The molecule has 0 spiro atoms. The third-order valence-electron chi connectivity index (χ3n) is 2.77. The van der Waals surface area contributed by atoms with Crippen molar-refractivity contribution in [1.82, 2.24) is 9.55 Å². The molecular weight excluding hydrogens is 214 g/mol. The minimum atomic E-state index is -0.425. The Balaban J connectivity index is 2.31. The molecule has 1 fully saturated rings. The summed E-state index contributed by atoms with van der Waals surface area (Å²) in [6, 6.07) is 0.411. The summed E-state index contributed by atoms with van der Waals surface area (Å²) in [5.41, 5.74) is 0. The van der Waals surface area contributed by atoms with Crippen LogP contribution < -0.4 is 0 Å². The molecule has 82 valence electrons. The zero-order valence-corrected chi connectivity index (χ0v) is 9.37. The minimum Gasteiger partial charge on any atom is -0.358 e. The van der Waals surface area contributed by atoms with Gasteiger partial charge in [0.05, 0.1) is 0 Å². The van der Waals surface area contributed by atoms with Crippen molar-refractivity contribution in [3.8, 4) is 0 Å². The maximum Gasteiger partial charge on any atom is 0.382 e. The van der Waals surface area contributed by atoms with E-state index in [4.69, 9.17) is 0 Å². The van der Waals surface area contributed by atoms with Gasteiger partial charge in [-0.3, -0.25) is 4.57 Å². The molecule has 0 atom stereocenters. The number of imidazole rings is 1. The van der Waals surface area contributed by atoms with E-state index >= 15 is 0 Å². The van der Waals surface area contributed by atoms with Gasteiger partial charge in [0.15, 0.2) is 0 Å². The number of hydrogen-bond acceptors (Lipinski definition) is 4. The number of nitro groups is 1. The van der Waals surface area contributed by atoms with Crippen LogP contribution in [0.25, 0.3) is 0 Å². The summed E-state index contributed by atoms with van der Waals surface area (Å²) in [6.45, 7) is 0. The maximum atomic E-state index is 10.6. The maximum absolute atomic E-state index is 10.6. The van der Waals surface area contributed by atoms with Crippen LogP contribution in [0.5, 0.6) is 0 Å². The van der Waals surface area contributed by atoms with E-state index in [-0.39, 0.29) is 5.82 Å². The highest BCUT2D eigenvalue weighted by molar-refractivity contribution is 7.98. The fraction of sp³-hybridized carbons (Fsp3) is 0.667. The molecule has 0 radical (unpaired) electrons. The molecule has 5 nitrogen and oxygen atoms in total. The second kappa shape index (κ2) is 4.22. The highest BCUT2D eigenvalue weighted by Crippen LogP contribution is 2.33. The lowest BCUT2D eigenvalue weighted by Gasteiger charge is -2.10. The number of rotatable bonds is 3. The van der Waals surface area contributed by atoms with E-state index in [1.165, 1.54) is 24.6 Å². The summed E-state index contributed by atoms with van der Waals surface area (Å²) in [7, 11) is 0. The molecule has 0 N–H and O–H groups in total. The molecule has 1 saturated carbocycles. The van der Waals surface area contributed by atoms with E-state index in [2.05, 4.69) is 4.98 Å². The van der Waals surface area contributed by atoms with E-state index in [9.17, 15) is 10.1 Å². The number of aromatic nitrogens is 2.